The maximum Gasteiger partial charge on any atom is 0.330 e. The minimum atomic E-state index is -0.528. The Bertz CT molecular complexity index is 482. The summed E-state index contributed by atoms with van der Waals surface area (Å²) in [6, 6.07) is 0. The average Bonchev–Trinajstić information content (AvgIpc) is 2.19. The third-order valence-corrected chi connectivity index (χ3v) is 2.07. The Kier molecular flexibility index (Phi) is 2.69. The van der Waals surface area contributed by atoms with Crippen molar-refractivity contribution in [3.05, 3.63) is 32.6 Å². The van der Waals surface area contributed by atoms with Gasteiger partial charge in [-0.15, -0.1) is 0 Å². The summed E-state index contributed by atoms with van der Waals surface area (Å²) in [5.41, 5.74) is -0.889. The molecule has 0 radical (unpaired) electrons. The maximum absolute atomic E-state index is 11.5. The Morgan fingerprint density at radius 2 is 1.93 bits per heavy atom. The second-order valence-corrected chi connectivity index (χ2v) is 3.08. The van der Waals surface area contributed by atoms with Gasteiger partial charge in [0.2, 0.25) is 0 Å². The van der Waals surface area contributed by atoms with Crippen LogP contribution in [0.3, 0.4) is 0 Å². The second kappa shape index (κ2) is 3.61. The van der Waals surface area contributed by atoms with Crippen LogP contribution in [0.1, 0.15) is 23.7 Å². The highest BCUT2D eigenvalue weighted by molar-refractivity contribution is 5.95. The Labute approximate surface area is 80.6 Å². The van der Waals surface area contributed by atoms with Gasteiger partial charge in [0.05, 0.1) is 5.56 Å². The standard InChI is InChI=1S/C9H12N2O3/c1-4-7(12)6-5-10(2)9(14)11(3)8(6)13/h5H,4H2,1-3H3. The van der Waals surface area contributed by atoms with Gasteiger partial charge >= 0.3 is 5.69 Å². The van der Waals surface area contributed by atoms with Gasteiger partial charge in [0, 0.05) is 26.7 Å². The fourth-order valence-electron chi connectivity index (χ4n) is 1.19. The first-order valence-electron chi connectivity index (χ1n) is 4.29. The molecule has 0 saturated carbocycles. The minimum absolute atomic E-state index is 0.0668. The van der Waals surface area contributed by atoms with E-state index in [9.17, 15) is 14.4 Å². The van der Waals surface area contributed by atoms with Gasteiger partial charge in [-0.2, -0.15) is 0 Å². The van der Waals surface area contributed by atoms with Gasteiger partial charge < -0.3 is 4.57 Å². The Hall–Kier alpha value is -1.65. The molecule has 14 heavy (non-hydrogen) atoms. The molecule has 0 spiro atoms. The van der Waals surface area contributed by atoms with Crippen molar-refractivity contribution in [2.45, 2.75) is 13.3 Å². The lowest BCUT2D eigenvalue weighted by Crippen LogP contribution is -2.39. The van der Waals surface area contributed by atoms with E-state index in [1.54, 1.807) is 6.92 Å². The smallest absolute Gasteiger partial charge is 0.303 e. The molecule has 0 amide bonds. The lowest BCUT2D eigenvalue weighted by Gasteiger charge is -2.04. The highest BCUT2D eigenvalue weighted by Gasteiger charge is 2.12. The Balaban J connectivity index is 3.57. The summed E-state index contributed by atoms with van der Waals surface area (Å²) in [5.74, 6) is -0.249. The molecule has 0 fully saturated rings. The van der Waals surface area contributed by atoms with Crippen LogP contribution >= 0.6 is 0 Å². The van der Waals surface area contributed by atoms with Crippen molar-refractivity contribution in [1.82, 2.24) is 9.13 Å². The molecule has 1 rings (SSSR count). The summed E-state index contributed by atoms with van der Waals surface area (Å²) in [4.78, 5) is 34.1. The van der Waals surface area contributed by atoms with E-state index in [2.05, 4.69) is 0 Å². The molecule has 0 bridgehead atoms. The van der Waals surface area contributed by atoms with Crippen molar-refractivity contribution in [2.24, 2.45) is 14.1 Å². The number of Topliss-reactive ketones (excluding diaryl/α,β-unsaturated/α-hetero) is 1. The third kappa shape index (κ3) is 1.53. The van der Waals surface area contributed by atoms with Crippen LogP contribution in [0.25, 0.3) is 0 Å². The van der Waals surface area contributed by atoms with E-state index in [1.165, 1.54) is 24.9 Å². The van der Waals surface area contributed by atoms with Crippen LogP contribution < -0.4 is 11.2 Å². The van der Waals surface area contributed by atoms with Gasteiger partial charge in [-0.05, 0) is 0 Å². The normalized spacial score (nSPS) is 10.2. The summed E-state index contributed by atoms with van der Waals surface area (Å²) >= 11 is 0. The molecule has 1 aromatic rings. The molecule has 0 aliphatic rings. The van der Waals surface area contributed by atoms with Crippen molar-refractivity contribution in [2.75, 3.05) is 0 Å². The van der Waals surface area contributed by atoms with Gasteiger partial charge in [0.1, 0.15) is 0 Å². The Morgan fingerprint density at radius 1 is 1.36 bits per heavy atom. The van der Waals surface area contributed by atoms with E-state index in [0.717, 1.165) is 4.57 Å². The number of aromatic nitrogens is 2. The molecule has 0 unspecified atom stereocenters. The molecule has 1 heterocycles. The predicted molar refractivity (Wildman–Crippen MR) is 51.5 cm³/mol. The summed E-state index contributed by atoms with van der Waals surface area (Å²) in [5, 5.41) is 0. The quantitative estimate of drug-likeness (QED) is 0.609. The summed E-state index contributed by atoms with van der Waals surface area (Å²) in [6.07, 6.45) is 1.55. The molecular formula is C9H12N2O3. The maximum atomic E-state index is 11.5. The van der Waals surface area contributed by atoms with Gasteiger partial charge in [-0.1, -0.05) is 6.92 Å². The first kappa shape index (κ1) is 10.4. The van der Waals surface area contributed by atoms with Crippen LogP contribution in [0.2, 0.25) is 0 Å². The summed E-state index contributed by atoms with van der Waals surface area (Å²) in [7, 11) is 2.87. The van der Waals surface area contributed by atoms with Crippen molar-refractivity contribution in [1.29, 1.82) is 0 Å². The van der Waals surface area contributed by atoms with Crippen LogP contribution in [0.15, 0.2) is 15.8 Å². The highest BCUT2D eigenvalue weighted by atomic mass is 16.2. The zero-order valence-corrected chi connectivity index (χ0v) is 8.40. The zero-order chi connectivity index (χ0) is 10.9. The van der Waals surface area contributed by atoms with E-state index in [-0.39, 0.29) is 17.8 Å². The number of hydrogen-bond acceptors (Lipinski definition) is 3. The topological polar surface area (TPSA) is 61.1 Å². The van der Waals surface area contributed by atoms with Crippen LogP contribution in [-0.2, 0) is 14.1 Å². The Morgan fingerprint density at radius 3 is 2.43 bits per heavy atom. The summed E-state index contributed by atoms with van der Waals surface area (Å²) < 4.78 is 2.16. The van der Waals surface area contributed by atoms with Crippen molar-refractivity contribution in [3.63, 3.8) is 0 Å². The van der Waals surface area contributed by atoms with E-state index in [1.807, 2.05) is 0 Å². The first-order chi connectivity index (χ1) is 6.49. The van der Waals surface area contributed by atoms with Gasteiger partial charge in [-0.3, -0.25) is 14.2 Å². The highest BCUT2D eigenvalue weighted by Crippen LogP contribution is 1.93. The van der Waals surface area contributed by atoms with Gasteiger partial charge in [-0.25, -0.2) is 4.79 Å². The summed E-state index contributed by atoms with van der Waals surface area (Å²) in [6.45, 7) is 1.67. The predicted octanol–water partition coefficient (Wildman–Crippen LogP) is -0.323. The van der Waals surface area contributed by atoms with Crippen molar-refractivity contribution >= 4 is 5.78 Å². The van der Waals surface area contributed by atoms with E-state index < -0.39 is 11.2 Å². The second-order valence-electron chi connectivity index (χ2n) is 3.08. The molecule has 5 nitrogen and oxygen atoms in total. The number of aryl methyl sites for hydroxylation is 1. The number of carbonyl (C=O) groups is 1. The fourth-order valence-corrected chi connectivity index (χ4v) is 1.19. The molecule has 76 valence electrons. The SMILES string of the molecule is CCC(=O)c1cn(C)c(=O)n(C)c1=O. The van der Waals surface area contributed by atoms with Crippen LogP contribution in [0.4, 0.5) is 0 Å². The van der Waals surface area contributed by atoms with Crippen LogP contribution in [0.5, 0.6) is 0 Å². The molecular weight excluding hydrogens is 184 g/mol. The molecule has 0 aliphatic heterocycles. The van der Waals surface area contributed by atoms with Gasteiger partial charge in [0.15, 0.2) is 5.78 Å². The molecule has 5 heteroatoms. The lowest BCUT2D eigenvalue weighted by molar-refractivity contribution is 0.0985. The van der Waals surface area contributed by atoms with Gasteiger partial charge in [0.25, 0.3) is 5.56 Å². The number of hydrogen-bond donors (Lipinski definition) is 0. The molecule has 0 saturated heterocycles. The molecule has 0 aliphatic carbocycles. The number of nitrogens with zero attached hydrogens (tertiary/aromatic N) is 2. The number of rotatable bonds is 2. The number of carbonyl (C=O) groups excluding carboxylic acids is 1. The van der Waals surface area contributed by atoms with E-state index >= 15 is 0 Å². The molecule has 0 atom stereocenters. The van der Waals surface area contributed by atoms with E-state index in [0.29, 0.717) is 0 Å². The van der Waals surface area contributed by atoms with Crippen molar-refractivity contribution in [3.8, 4) is 0 Å². The first-order valence-corrected chi connectivity index (χ1v) is 4.29. The zero-order valence-electron chi connectivity index (χ0n) is 8.40. The lowest BCUT2D eigenvalue weighted by atomic mass is 10.2. The monoisotopic (exact) mass is 196 g/mol. The largest absolute Gasteiger partial charge is 0.330 e. The third-order valence-electron chi connectivity index (χ3n) is 2.07. The average molecular weight is 196 g/mol. The molecule has 0 N–H and O–H groups in total. The molecule has 0 aromatic carbocycles. The number of ketones is 1. The molecule has 1 aromatic heterocycles. The van der Waals surface area contributed by atoms with Crippen LogP contribution in [0, 0.1) is 0 Å². The van der Waals surface area contributed by atoms with Crippen molar-refractivity contribution < 1.29 is 4.79 Å². The minimum Gasteiger partial charge on any atom is -0.303 e. The van der Waals surface area contributed by atoms with E-state index in [4.69, 9.17) is 0 Å². The van der Waals surface area contributed by atoms with Crippen LogP contribution in [-0.4, -0.2) is 14.9 Å². The fraction of sp³-hybridized carbons (Fsp3) is 0.444.